The summed E-state index contributed by atoms with van der Waals surface area (Å²) in [6.45, 7) is 0. The second-order valence-electron chi connectivity index (χ2n) is 9.26. The quantitative estimate of drug-likeness (QED) is 0.102. The van der Waals surface area contributed by atoms with Crippen LogP contribution < -0.4 is 0 Å². The van der Waals surface area contributed by atoms with Crippen LogP contribution in [-0.2, 0) is 0 Å². The van der Waals surface area contributed by atoms with Crippen LogP contribution in [0.1, 0.15) is 62.6 Å². The first kappa shape index (κ1) is 29.6. The van der Waals surface area contributed by atoms with Crippen LogP contribution in [-0.4, -0.2) is 33.1 Å². The Balaban J connectivity index is 1.33. The molecule has 4 aromatic carbocycles. The van der Waals surface area contributed by atoms with Crippen molar-refractivity contribution in [1.82, 2.24) is 9.97 Å². The molecule has 6 nitrogen and oxygen atoms in total. The van der Waals surface area contributed by atoms with Gasteiger partial charge in [0.05, 0.1) is 0 Å². The summed E-state index contributed by atoms with van der Waals surface area (Å²) < 4.78 is 0.936. The van der Waals surface area contributed by atoms with Gasteiger partial charge in [-0.15, -0.1) is 22.7 Å². The summed E-state index contributed by atoms with van der Waals surface area (Å²) >= 11 is 2.25. The fourth-order valence-electron chi connectivity index (χ4n) is 4.25. The van der Waals surface area contributed by atoms with Crippen molar-refractivity contribution >= 4 is 67.4 Å². The first-order chi connectivity index (χ1) is 21.5. The van der Waals surface area contributed by atoms with Gasteiger partial charge in [0.1, 0.15) is 21.1 Å². The number of carbonyl (C=O) groups excluding carboxylic acids is 4. The molecule has 6 rings (SSSR count). The lowest BCUT2D eigenvalue weighted by Crippen LogP contribution is -2.09. The van der Waals surface area contributed by atoms with Gasteiger partial charge < -0.3 is 0 Å². The van der Waals surface area contributed by atoms with Crippen LogP contribution in [0.15, 0.2) is 130 Å². The summed E-state index contributed by atoms with van der Waals surface area (Å²) in [4.78, 5) is 63.5. The van der Waals surface area contributed by atoms with E-state index < -0.39 is 0 Å². The average molecular weight is 649 g/mol. The second-order valence-corrected chi connectivity index (χ2v) is 13.9. The number of benzene rings is 4. The van der Waals surface area contributed by atoms with Crippen molar-refractivity contribution in [3.05, 3.63) is 165 Å². The van der Waals surface area contributed by atoms with E-state index in [0.29, 0.717) is 30.9 Å². The Labute approximate surface area is 268 Å². The molecule has 0 saturated heterocycles. The third-order valence-corrected chi connectivity index (χ3v) is 11.5. The zero-order chi connectivity index (χ0) is 30.5. The molecular formula is C34H20N2O4S4. The van der Waals surface area contributed by atoms with Crippen LogP contribution >= 0.6 is 44.3 Å². The third-order valence-electron chi connectivity index (χ3n) is 6.39. The summed E-state index contributed by atoms with van der Waals surface area (Å²) in [5.41, 5.74) is 1.93. The molecule has 0 radical (unpaired) electrons. The molecule has 214 valence electrons. The maximum absolute atomic E-state index is 13.5. The van der Waals surface area contributed by atoms with Crippen molar-refractivity contribution in [3.8, 4) is 0 Å². The summed E-state index contributed by atoms with van der Waals surface area (Å²) in [6.07, 6.45) is 0. The number of carbonyl (C=O) groups is 4. The summed E-state index contributed by atoms with van der Waals surface area (Å²) in [7, 11) is 2.43. The lowest BCUT2D eigenvalue weighted by Gasteiger charge is -2.02. The Kier molecular flexibility index (Phi) is 9.04. The Hall–Kier alpha value is -4.48. The Morgan fingerprint density at radius 1 is 0.409 bits per heavy atom. The van der Waals surface area contributed by atoms with Crippen LogP contribution in [0.4, 0.5) is 0 Å². The largest absolute Gasteiger partial charge is 0.288 e. The molecule has 0 bridgehead atoms. The van der Waals surface area contributed by atoms with E-state index in [-0.39, 0.29) is 44.3 Å². The Morgan fingerprint density at radius 3 is 0.977 bits per heavy atom. The number of rotatable bonds is 11. The van der Waals surface area contributed by atoms with Gasteiger partial charge in [-0.25, -0.2) is 9.97 Å². The van der Waals surface area contributed by atoms with Crippen LogP contribution in [0.2, 0.25) is 0 Å². The molecule has 2 heterocycles. The van der Waals surface area contributed by atoms with Gasteiger partial charge >= 0.3 is 0 Å². The summed E-state index contributed by atoms with van der Waals surface area (Å²) in [5, 5.41) is 0. The van der Waals surface area contributed by atoms with Crippen LogP contribution in [0.5, 0.6) is 0 Å². The van der Waals surface area contributed by atoms with E-state index in [1.807, 2.05) is 24.3 Å². The number of hydrogen-bond donors (Lipinski definition) is 0. The highest BCUT2D eigenvalue weighted by molar-refractivity contribution is 8.77. The number of aromatic nitrogens is 2. The molecule has 0 aliphatic carbocycles. The minimum Gasteiger partial charge on any atom is -0.288 e. The maximum Gasteiger partial charge on any atom is 0.213 e. The predicted octanol–water partition coefficient (Wildman–Crippen LogP) is 8.32. The van der Waals surface area contributed by atoms with Crippen LogP contribution in [0, 0.1) is 0 Å². The van der Waals surface area contributed by atoms with Crippen molar-refractivity contribution in [2.24, 2.45) is 0 Å². The molecule has 0 amide bonds. The van der Waals surface area contributed by atoms with Crippen molar-refractivity contribution < 1.29 is 19.2 Å². The maximum atomic E-state index is 13.5. The lowest BCUT2D eigenvalue weighted by molar-refractivity contribution is 0.100. The first-order valence-electron chi connectivity index (χ1n) is 13.2. The van der Waals surface area contributed by atoms with Crippen molar-refractivity contribution in [2.75, 3.05) is 0 Å². The van der Waals surface area contributed by atoms with Gasteiger partial charge in [-0.1, -0.05) is 121 Å². The van der Waals surface area contributed by atoms with E-state index in [1.165, 1.54) is 21.6 Å². The average Bonchev–Trinajstić information content (AvgIpc) is 3.72. The molecular weight excluding hydrogens is 629 g/mol. The monoisotopic (exact) mass is 648 g/mol. The van der Waals surface area contributed by atoms with Gasteiger partial charge in [-0.05, 0) is 21.6 Å². The standard InChI is InChI=1S/C34H20N2O4S4/c37-27(21-13-5-1-6-14-21)25-31(29(39)23-17-9-3-10-18-23)41-33(35-25)43-44-34-36-26(28(38)22-15-7-2-8-16-22)32(42-34)30(40)24-19-11-4-12-20-24/h1-20H. The Bertz CT molecular complexity index is 1690. The van der Waals surface area contributed by atoms with Gasteiger partial charge in [0.25, 0.3) is 0 Å². The fraction of sp³-hybridized carbons (Fsp3) is 0. The number of ketones is 4. The zero-order valence-corrected chi connectivity index (χ0v) is 26.0. The van der Waals surface area contributed by atoms with Crippen molar-refractivity contribution in [1.29, 1.82) is 0 Å². The van der Waals surface area contributed by atoms with Crippen LogP contribution in [0.25, 0.3) is 0 Å². The molecule has 10 heteroatoms. The highest BCUT2D eigenvalue weighted by Gasteiger charge is 2.28. The van der Waals surface area contributed by atoms with Gasteiger partial charge in [0.15, 0.2) is 8.68 Å². The van der Waals surface area contributed by atoms with Gasteiger partial charge in [0.2, 0.25) is 23.1 Å². The molecule has 0 aliphatic heterocycles. The summed E-state index contributed by atoms with van der Waals surface area (Å²) in [5.74, 6) is -1.28. The van der Waals surface area contributed by atoms with Crippen molar-refractivity contribution in [3.63, 3.8) is 0 Å². The van der Waals surface area contributed by atoms with E-state index in [2.05, 4.69) is 9.97 Å². The van der Waals surface area contributed by atoms with Crippen LogP contribution in [0.3, 0.4) is 0 Å². The highest BCUT2D eigenvalue weighted by Crippen LogP contribution is 2.43. The van der Waals surface area contributed by atoms with E-state index in [0.717, 1.165) is 22.7 Å². The van der Waals surface area contributed by atoms with Gasteiger partial charge in [-0.3, -0.25) is 19.2 Å². The fourth-order valence-corrected chi connectivity index (χ4v) is 8.82. The molecule has 6 aromatic rings. The number of hydrogen-bond acceptors (Lipinski definition) is 10. The topological polar surface area (TPSA) is 94.1 Å². The molecule has 0 saturated carbocycles. The molecule has 0 fully saturated rings. The normalized spacial score (nSPS) is 10.8. The van der Waals surface area contributed by atoms with Gasteiger partial charge in [-0.2, -0.15) is 0 Å². The molecule has 0 aliphatic rings. The minimum absolute atomic E-state index is 0.0807. The predicted molar refractivity (Wildman–Crippen MR) is 175 cm³/mol. The Morgan fingerprint density at radius 2 is 0.682 bits per heavy atom. The zero-order valence-electron chi connectivity index (χ0n) is 22.7. The number of thiazole rings is 2. The van der Waals surface area contributed by atoms with E-state index in [4.69, 9.17) is 0 Å². The molecule has 0 N–H and O–H groups in total. The molecule has 0 spiro atoms. The van der Waals surface area contributed by atoms with Gasteiger partial charge in [0, 0.05) is 22.3 Å². The molecule has 0 atom stereocenters. The highest BCUT2D eigenvalue weighted by atomic mass is 33.1. The van der Waals surface area contributed by atoms with E-state index in [1.54, 1.807) is 97.1 Å². The molecule has 44 heavy (non-hydrogen) atoms. The SMILES string of the molecule is O=C(c1ccccc1)c1nc(SSc2nc(C(=O)c3ccccc3)c(C(=O)c3ccccc3)s2)sc1C(=O)c1ccccc1. The first-order valence-corrected chi connectivity index (χ1v) is 17.0. The number of nitrogens with zero attached hydrogens (tertiary/aromatic N) is 2. The summed E-state index contributed by atoms with van der Waals surface area (Å²) in [6, 6.07) is 34.9. The molecule has 2 aromatic heterocycles. The third kappa shape index (κ3) is 6.39. The van der Waals surface area contributed by atoms with Crippen molar-refractivity contribution in [2.45, 2.75) is 8.68 Å². The smallest absolute Gasteiger partial charge is 0.213 e. The molecule has 0 unspecified atom stereocenters. The van der Waals surface area contributed by atoms with E-state index >= 15 is 0 Å². The lowest BCUT2D eigenvalue weighted by atomic mass is 10.0. The minimum atomic E-state index is -0.348. The second kappa shape index (κ2) is 13.4. The van der Waals surface area contributed by atoms with E-state index in [9.17, 15) is 19.2 Å².